The van der Waals surface area contributed by atoms with Gasteiger partial charge in [-0.3, -0.25) is 9.40 Å². The van der Waals surface area contributed by atoms with Gasteiger partial charge in [-0.15, -0.1) is 10.2 Å². The Bertz CT molecular complexity index is 1420. The molecule has 0 radical (unpaired) electrons. The molecule has 0 bridgehead atoms. The van der Waals surface area contributed by atoms with Crippen molar-refractivity contribution in [3.05, 3.63) is 42.6 Å². The summed E-state index contributed by atoms with van der Waals surface area (Å²) in [5.74, 6) is -0.276. The van der Waals surface area contributed by atoms with Gasteiger partial charge in [0.25, 0.3) is 0 Å². The smallest absolute Gasteiger partial charge is 0.245 e. The van der Waals surface area contributed by atoms with Gasteiger partial charge in [-0.05, 0) is 13.0 Å². The molecule has 0 amide bonds. The molecule has 4 aromatic heterocycles. The number of nitrogens with zero attached hydrogens (tertiary/aromatic N) is 9. The number of sulfonamides is 1. The standard InChI is InChI=1S/C19H21FN10O4S/c1-11(7-14-21-8-12(20)9-22-14)35(31,32)28-19-26-25-16(13-5-6-29(2)27-13)30(19)15-17(33-3)23-10-24-18(15)34-4/h5-6,8-11H,7H2,1-4H3,(H,26,28)/t11-/m1/s1. The molecule has 0 unspecified atom stereocenters. The number of aryl methyl sites for hydroxylation is 1. The van der Waals surface area contributed by atoms with E-state index in [1.807, 2.05) is 0 Å². The summed E-state index contributed by atoms with van der Waals surface area (Å²) >= 11 is 0. The molecule has 0 aliphatic heterocycles. The van der Waals surface area contributed by atoms with Gasteiger partial charge < -0.3 is 9.47 Å². The van der Waals surface area contributed by atoms with Gasteiger partial charge in [0.15, 0.2) is 17.3 Å². The summed E-state index contributed by atoms with van der Waals surface area (Å²) < 4.78 is 55.6. The summed E-state index contributed by atoms with van der Waals surface area (Å²) in [5.41, 5.74) is 0.557. The number of aromatic nitrogens is 9. The zero-order valence-electron chi connectivity index (χ0n) is 19.1. The molecule has 0 aromatic carbocycles. The lowest BCUT2D eigenvalue weighted by Crippen LogP contribution is -2.29. The number of rotatable bonds is 9. The van der Waals surface area contributed by atoms with E-state index in [9.17, 15) is 12.8 Å². The van der Waals surface area contributed by atoms with Crippen LogP contribution in [0.4, 0.5) is 10.3 Å². The second-order valence-electron chi connectivity index (χ2n) is 7.28. The summed E-state index contributed by atoms with van der Waals surface area (Å²) in [4.78, 5) is 15.8. The fourth-order valence-electron chi connectivity index (χ4n) is 3.14. The quantitative estimate of drug-likeness (QED) is 0.342. The molecule has 0 spiro atoms. The zero-order valence-corrected chi connectivity index (χ0v) is 19.9. The van der Waals surface area contributed by atoms with E-state index in [-0.39, 0.29) is 41.5 Å². The molecule has 184 valence electrons. The Labute approximate surface area is 199 Å². The Morgan fingerprint density at radius 2 is 1.74 bits per heavy atom. The number of methoxy groups -OCH3 is 2. The highest BCUT2D eigenvalue weighted by Gasteiger charge is 2.30. The van der Waals surface area contributed by atoms with Crippen LogP contribution >= 0.6 is 0 Å². The van der Waals surface area contributed by atoms with E-state index >= 15 is 0 Å². The van der Waals surface area contributed by atoms with E-state index in [4.69, 9.17) is 9.47 Å². The van der Waals surface area contributed by atoms with Crippen LogP contribution in [0.25, 0.3) is 17.2 Å². The monoisotopic (exact) mass is 504 g/mol. The van der Waals surface area contributed by atoms with Crippen LogP contribution in [0.5, 0.6) is 11.8 Å². The summed E-state index contributed by atoms with van der Waals surface area (Å²) in [5, 5.41) is 11.5. The molecule has 0 aliphatic rings. The van der Waals surface area contributed by atoms with Gasteiger partial charge in [0.1, 0.15) is 17.8 Å². The van der Waals surface area contributed by atoms with Crippen molar-refractivity contribution in [2.24, 2.45) is 7.05 Å². The van der Waals surface area contributed by atoms with E-state index in [0.717, 1.165) is 12.4 Å². The fourth-order valence-corrected chi connectivity index (χ4v) is 4.10. The highest BCUT2D eigenvalue weighted by Crippen LogP contribution is 2.34. The van der Waals surface area contributed by atoms with E-state index in [2.05, 4.69) is 40.0 Å². The summed E-state index contributed by atoms with van der Waals surface area (Å²) in [6.45, 7) is 1.46. The minimum atomic E-state index is -4.05. The van der Waals surface area contributed by atoms with Gasteiger partial charge in [-0.2, -0.15) is 15.1 Å². The van der Waals surface area contributed by atoms with Crippen molar-refractivity contribution in [2.75, 3.05) is 18.9 Å². The van der Waals surface area contributed by atoms with Crippen molar-refractivity contribution in [1.82, 2.24) is 44.5 Å². The predicted molar refractivity (Wildman–Crippen MR) is 120 cm³/mol. The van der Waals surface area contributed by atoms with E-state index < -0.39 is 21.1 Å². The van der Waals surface area contributed by atoms with E-state index in [0.29, 0.717) is 5.69 Å². The second kappa shape index (κ2) is 9.57. The van der Waals surface area contributed by atoms with Crippen LogP contribution in [0.2, 0.25) is 0 Å². The van der Waals surface area contributed by atoms with Gasteiger partial charge in [0.2, 0.25) is 27.7 Å². The topological polar surface area (TPSA) is 165 Å². The predicted octanol–water partition coefficient (Wildman–Crippen LogP) is 0.777. The highest BCUT2D eigenvalue weighted by molar-refractivity contribution is 7.93. The average molecular weight is 505 g/mol. The first-order chi connectivity index (χ1) is 16.7. The number of hydrogen-bond acceptors (Lipinski definition) is 11. The van der Waals surface area contributed by atoms with E-state index in [1.54, 1.807) is 24.0 Å². The molecule has 16 heteroatoms. The normalized spacial score (nSPS) is 12.4. The van der Waals surface area contributed by atoms with Gasteiger partial charge >= 0.3 is 0 Å². The van der Waals surface area contributed by atoms with Crippen molar-refractivity contribution < 1.29 is 22.3 Å². The third kappa shape index (κ3) is 4.86. The molecule has 14 nitrogen and oxygen atoms in total. The Kier molecular flexibility index (Phi) is 6.54. The second-order valence-corrected chi connectivity index (χ2v) is 9.38. The number of nitrogens with one attached hydrogen (secondary N) is 1. The first kappa shape index (κ1) is 23.9. The van der Waals surface area contributed by atoms with Crippen molar-refractivity contribution >= 4 is 16.0 Å². The van der Waals surface area contributed by atoms with Crippen molar-refractivity contribution in [3.63, 3.8) is 0 Å². The van der Waals surface area contributed by atoms with Crippen molar-refractivity contribution in [3.8, 4) is 29.0 Å². The minimum Gasteiger partial charge on any atom is -0.479 e. The first-order valence-electron chi connectivity index (χ1n) is 10.1. The van der Waals surface area contributed by atoms with Crippen molar-refractivity contribution in [2.45, 2.75) is 18.6 Å². The number of hydrogen-bond donors (Lipinski definition) is 1. The molecule has 4 heterocycles. The Balaban J connectivity index is 1.79. The molecular weight excluding hydrogens is 483 g/mol. The first-order valence-corrected chi connectivity index (χ1v) is 11.6. The molecule has 4 aromatic rings. The van der Waals surface area contributed by atoms with Crippen LogP contribution in [0.1, 0.15) is 12.7 Å². The number of ether oxygens (including phenoxy) is 2. The van der Waals surface area contributed by atoms with Crippen LogP contribution in [0.15, 0.2) is 31.0 Å². The lowest BCUT2D eigenvalue weighted by molar-refractivity contribution is 0.368. The maximum Gasteiger partial charge on any atom is 0.245 e. The average Bonchev–Trinajstić information content (AvgIpc) is 3.45. The van der Waals surface area contributed by atoms with Gasteiger partial charge in [-0.25, -0.2) is 27.3 Å². The van der Waals surface area contributed by atoms with Gasteiger partial charge in [-0.1, -0.05) is 0 Å². The number of anilines is 1. The molecule has 0 saturated heterocycles. The van der Waals surface area contributed by atoms with Crippen LogP contribution in [-0.4, -0.2) is 72.4 Å². The molecule has 4 rings (SSSR count). The third-order valence-corrected chi connectivity index (χ3v) is 6.57. The Morgan fingerprint density at radius 3 is 2.31 bits per heavy atom. The lowest BCUT2D eigenvalue weighted by atomic mass is 10.3. The van der Waals surface area contributed by atoms with Crippen LogP contribution in [0.3, 0.4) is 0 Å². The number of halogens is 1. The zero-order chi connectivity index (χ0) is 25.2. The highest BCUT2D eigenvalue weighted by atomic mass is 32.2. The minimum absolute atomic E-state index is 0.0715. The molecule has 1 N–H and O–H groups in total. The van der Waals surface area contributed by atoms with Crippen molar-refractivity contribution in [1.29, 1.82) is 0 Å². The largest absolute Gasteiger partial charge is 0.479 e. The Hall–Kier alpha value is -4.21. The molecule has 0 fully saturated rings. The summed E-state index contributed by atoms with van der Waals surface area (Å²) in [6, 6.07) is 1.68. The van der Waals surface area contributed by atoms with Gasteiger partial charge in [0, 0.05) is 19.7 Å². The molecule has 1 atom stereocenters. The lowest BCUT2D eigenvalue weighted by Gasteiger charge is -2.17. The summed E-state index contributed by atoms with van der Waals surface area (Å²) in [6.07, 6.45) is 4.80. The third-order valence-electron chi connectivity index (χ3n) is 4.88. The maximum absolute atomic E-state index is 13.2. The fraction of sp³-hybridized carbons (Fsp3) is 0.316. The Morgan fingerprint density at radius 1 is 1.09 bits per heavy atom. The van der Waals surface area contributed by atoms with Crippen LogP contribution in [-0.2, 0) is 23.5 Å². The van der Waals surface area contributed by atoms with Crippen LogP contribution in [0, 0.1) is 5.82 Å². The van der Waals surface area contributed by atoms with Gasteiger partial charge in [0.05, 0.1) is 31.9 Å². The molecule has 0 saturated carbocycles. The maximum atomic E-state index is 13.2. The van der Waals surface area contributed by atoms with Crippen LogP contribution < -0.4 is 14.2 Å². The molecule has 0 aliphatic carbocycles. The molecule has 35 heavy (non-hydrogen) atoms. The SMILES string of the molecule is COc1ncnc(OC)c1-n1c(NS(=O)(=O)[C@H](C)Cc2ncc(F)cn2)nnc1-c1ccn(C)n1. The van der Waals surface area contributed by atoms with E-state index in [1.165, 1.54) is 32.0 Å². The summed E-state index contributed by atoms with van der Waals surface area (Å²) in [7, 11) is 0.459. The molecular formula is C19H21FN10O4S.